The molecular weight excluding hydrogens is 438 g/mol. The van der Waals surface area contributed by atoms with Crippen molar-refractivity contribution < 1.29 is 17.9 Å². The van der Waals surface area contributed by atoms with Gasteiger partial charge in [-0.25, -0.2) is 13.1 Å². The van der Waals surface area contributed by atoms with Crippen LogP contribution >= 0.6 is 0 Å². The molecule has 2 saturated heterocycles. The lowest BCUT2D eigenvalue weighted by Crippen LogP contribution is -2.36. The maximum Gasteiger partial charge on any atom is 0.257 e. The first-order valence-electron chi connectivity index (χ1n) is 11.7. The summed E-state index contributed by atoms with van der Waals surface area (Å²) in [5.74, 6) is 0.204. The molecule has 0 saturated carbocycles. The molecule has 0 radical (unpaired) electrons. The van der Waals surface area contributed by atoms with E-state index in [0.717, 1.165) is 44.5 Å². The predicted molar refractivity (Wildman–Crippen MR) is 128 cm³/mol. The normalized spacial score (nSPS) is 17.3. The molecule has 4 rings (SSSR count). The number of hydrogen-bond donors (Lipinski definition) is 1. The average molecular weight is 472 g/mol. The van der Waals surface area contributed by atoms with E-state index < -0.39 is 10.0 Å². The smallest absolute Gasteiger partial charge is 0.257 e. The largest absolute Gasteiger partial charge is 0.496 e. The molecule has 0 aromatic heterocycles. The van der Waals surface area contributed by atoms with Crippen molar-refractivity contribution in [3.8, 4) is 5.75 Å². The van der Waals surface area contributed by atoms with Gasteiger partial charge < -0.3 is 9.64 Å². The topological polar surface area (TPSA) is 79.0 Å². The molecule has 0 atom stereocenters. The van der Waals surface area contributed by atoms with Crippen LogP contribution < -0.4 is 9.46 Å². The van der Waals surface area contributed by atoms with Gasteiger partial charge in [0.1, 0.15) is 5.75 Å². The Morgan fingerprint density at radius 3 is 2.21 bits per heavy atom. The van der Waals surface area contributed by atoms with Crippen LogP contribution in [0.1, 0.15) is 53.6 Å². The van der Waals surface area contributed by atoms with Gasteiger partial charge in [-0.15, -0.1) is 0 Å². The molecule has 2 aliphatic rings. The van der Waals surface area contributed by atoms with E-state index in [4.69, 9.17) is 4.74 Å². The van der Waals surface area contributed by atoms with Crippen LogP contribution in [0, 0.1) is 0 Å². The van der Waals surface area contributed by atoms with Crippen LogP contribution in [0.4, 0.5) is 0 Å². The molecule has 178 valence electrons. The summed E-state index contributed by atoms with van der Waals surface area (Å²) in [6.45, 7) is 4.78. The summed E-state index contributed by atoms with van der Waals surface area (Å²) < 4.78 is 33.9. The molecule has 0 aliphatic carbocycles. The fourth-order valence-electron chi connectivity index (χ4n) is 4.51. The van der Waals surface area contributed by atoms with Gasteiger partial charge in [0, 0.05) is 26.2 Å². The highest BCUT2D eigenvalue weighted by Gasteiger charge is 2.24. The van der Waals surface area contributed by atoms with Gasteiger partial charge in [-0.2, -0.15) is 0 Å². The van der Waals surface area contributed by atoms with E-state index in [1.807, 2.05) is 12.1 Å². The molecule has 2 heterocycles. The summed E-state index contributed by atoms with van der Waals surface area (Å²) in [7, 11) is -2.30. The maximum atomic E-state index is 13.0. The van der Waals surface area contributed by atoms with E-state index in [1.165, 1.54) is 37.6 Å². The molecular formula is C25H33N3O4S. The first kappa shape index (κ1) is 23.7. The minimum Gasteiger partial charge on any atom is -0.496 e. The molecule has 2 aromatic rings. The lowest BCUT2D eigenvalue weighted by Gasteiger charge is -2.27. The van der Waals surface area contributed by atoms with Crippen LogP contribution in [-0.2, 0) is 23.1 Å². The molecule has 2 aromatic carbocycles. The third-order valence-electron chi connectivity index (χ3n) is 6.45. The highest BCUT2D eigenvalue weighted by atomic mass is 32.2. The van der Waals surface area contributed by atoms with Gasteiger partial charge in [-0.3, -0.25) is 9.69 Å². The van der Waals surface area contributed by atoms with Crippen molar-refractivity contribution in [2.24, 2.45) is 0 Å². The number of carbonyl (C=O) groups excluding carboxylic acids is 1. The zero-order valence-electron chi connectivity index (χ0n) is 19.3. The standard InChI is InChI=1S/C25H33N3O4S/c1-32-24-12-11-22(17-23(24)25(29)28-15-3-2-4-16-28)33(30,31)26-18-20-7-9-21(10-8-20)19-27-13-5-6-14-27/h7-12,17,26H,2-6,13-16,18-19H2,1H3. The summed E-state index contributed by atoms with van der Waals surface area (Å²) in [5.41, 5.74) is 2.41. The Morgan fingerprint density at radius 1 is 0.909 bits per heavy atom. The quantitative estimate of drug-likeness (QED) is 0.639. The number of hydrogen-bond acceptors (Lipinski definition) is 5. The van der Waals surface area contributed by atoms with Gasteiger partial charge in [0.15, 0.2) is 0 Å². The number of likely N-dealkylation sites (tertiary alicyclic amines) is 2. The Hall–Kier alpha value is -2.42. The van der Waals surface area contributed by atoms with Gasteiger partial charge in [0.2, 0.25) is 10.0 Å². The van der Waals surface area contributed by atoms with Crippen LogP contribution in [0.5, 0.6) is 5.75 Å². The Balaban J connectivity index is 1.43. The fourth-order valence-corrected chi connectivity index (χ4v) is 5.56. The minimum absolute atomic E-state index is 0.0642. The summed E-state index contributed by atoms with van der Waals surface area (Å²) in [5, 5.41) is 0. The Labute approximate surface area is 196 Å². The van der Waals surface area contributed by atoms with Gasteiger partial charge >= 0.3 is 0 Å². The number of sulfonamides is 1. The van der Waals surface area contributed by atoms with Crippen molar-refractivity contribution in [3.05, 3.63) is 59.2 Å². The number of carbonyl (C=O) groups is 1. The Kier molecular flexibility index (Phi) is 7.67. The number of methoxy groups -OCH3 is 1. The monoisotopic (exact) mass is 471 g/mol. The highest BCUT2D eigenvalue weighted by molar-refractivity contribution is 7.89. The molecule has 2 aliphatic heterocycles. The molecule has 0 unspecified atom stereocenters. The summed E-state index contributed by atoms with van der Waals surface area (Å²) in [6.07, 6.45) is 5.56. The number of ether oxygens (including phenoxy) is 1. The van der Waals surface area contributed by atoms with E-state index in [2.05, 4.69) is 21.8 Å². The minimum atomic E-state index is -3.78. The van der Waals surface area contributed by atoms with Gasteiger partial charge in [-0.1, -0.05) is 24.3 Å². The van der Waals surface area contributed by atoms with Crippen molar-refractivity contribution in [2.45, 2.75) is 50.1 Å². The number of nitrogens with one attached hydrogen (secondary N) is 1. The Morgan fingerprint density at radius 2 is 1.55 bits per heavy atom. The molecule has 2 fully saturated rings. The van der Waals surface area contributed by atoms with E-state index in [-0.39, 0.29) is 22.9 Å². The number of benzene rings is 2. The van der Waals surface area contributed by atoms with Crippen LogP contribution in [0.25, 0.3) is 0 Å². The van der Waals surface area contributed by atoms with Gasteiger partial charge in [0.05, 0.1) is 17.6 Å². The highest BCUT2D eigenvalue weighted by Crippen LogP contribution is 2.25. The average Bonchev–Trinajstić information content (AvgIpc) is 3.36. The van der Waals surface area contributed by atoms with Crippen LogP contribution in [0.3, 0.4) is 0 Å². The number of amides is 1. The van der Waals surface area contributed by atoms with Crippen LogP contribution in [0.2, 0.25) is 0 Å². The Bertz CT molecular complexity index is 1060. The van der Waals surface area contributed by atoms with Crippen LogP contribution in [-0.4, -0.2) is 57.4 Å². The van der Waals surface area contributed by atoms with E-state index >= 15 is 0 Å². The lowest BCUT2D eigenvalue weighted by atomic mass is 10.1. The maximum absolute atomic E-state index is 13.0. The number of piperidine rings is 1. The molecule has 1 N–H and O–H groups in total. The molecule has 1 amide bonds. The third-order valence-corrected chi connectivity index (χ3v) is 7.85. The van der Waals surface area contributed by atoms with Crippen LogP contribution in [0.15, 0.2) is 47.4 Å². The molecule has 33 heavy (non-hydrogen) atoms. The molecule has 7 nitrogen and oxygen atoms in total. The van der Waals surface area contributed by atoms with Gasteiger partial charge in [0.25, 0.3) is 5.91 Å². The predicted octanol–water partition coefficient (Wildman–Crippen LogP) is 3.40. The zero-order valence-corrected chi connectivity index (χ0v) is 20.1. The van der Waals surface area contributed by atoms with E-state index in [9.17, 15) is 13.2 Å². The summed E-state index contributed by atoms with van der Waals surface area (Å²) >= 11 is 0. The van der Waals surface area contributed by atoms with Gasteiger partial charge in [-0.05, 0) is 74.5 Å². The summed E-state index contributed by atoms with van der Waals surface area (Å²) in [4.78, 5) is 17.3. The van der Waals surface area contributed by atoms with Crippen molar-refractivity contribution >= 4 is 15.9 Å². The third kappa shape index (κ3) is 5.93. The number of nitrogens with zero attached hydrogens (tertiary/aromatic N) is 2. The zero-order chi connectivity index (χ0) is 23.3. The van der Waals surface area contributed by atoms with Crippen molar-refractivity contribution in [3.63, 3.8) is 0 Å². The SMILES string of the molecule is COc1ccc(S(=O)(=O)NCc2ccc(CN3CCCC3)cc2)cc1C(=O)N1CCCCC1. The van der Waals surface area contributed by atoms with E-state index in [0.29, 0.717) is 18.8 Å². The second-order valence-corrected chi connectivity index (χ2v) is 10.6. The first-order chi connectivity index (χ1) is 16.0. The first-order valence-corrected chi connectivity index (χ1v) is 13.2. The molecule has 0 bridgehead atoms. The number of rotatable bonds is 8. The second kappa shape index (κ2) is 10.7. The van der Waals surface area contributed by atoms with Crippen molar-refractivity contribution in [2.75, 3.05) is 33.3 Å². The van der Waals surface area contributed by atoms with E-state index in [1.54, 1.807) is 11.0 Å². The van der Waals surface area contributed by atoms with Crippen molar-refractivity contribution in [1.82, 2.24) is 14.5 Å². The van der Waals surface area contributed by atoms with Crippen molar-refractivity contribution in [1.29, 1.82) is 0 Å². The second-order valence-electron chi connectivity index (χ2n) is 8.84. The lowest BCUT2D eigenvalue weighted by molar-refractivity contribution is 0.0720. The molecule has 8 heteroatoms. The fraction of sp³-hybridized carbons (Fsp3) is 0.480. The molecule has 0 spiro atoms. The summed E-state index contributed by atoms with van der Waals surface area (Å²) in [6, 6.07) is 12.5.